The summed E-state index contributed by atoms with van der Waals surface area (Å²) >= 11 is 0. The number of benzene rings is 2. The van der Waals surface area contributed by atoms with Crippen molar-refractivity contribution in [3.8, 4) is 0 Å². The zero-order valence-electron chi connectivity index (χ0n) is 15.8. The zero-order valence-corrected chi connectivity index (χ0v) is 15.8. The first-order valence-corrected chi connectivity index (χ1v) is 9.49. The van der Waals surface area contributed by atoms with Gasteiger partial charge in [-0.2, -0.15) is 0 Å². The number of carbonyl (C=O) groups excluding carboxylic acids is 2. The van der Waals surface area contributed by atoms with E-state index in [1.165, 1.54) is 0 Å². The number of carbonyl (C=O) groups is 2. The van der Waals surface area contributed by atoms with E-state index in [0.29, 0.717) is 18.4 Å². The fourth-order valence-corrected chi connectivity index (χ4v) is 4.40. The lowest BCUT2D eigenvalue weighted by molar-refractivity contribution is 0.0786. The highest BCUT2D eigenvalue weighted by Gasteiger charge is 2.49. The maximum absolute atomic E-state index is 13.6. The van der Waals surface area contributed by atoms with Gasteiger partial charge in [-0.15, -0.1) is 0 Å². The number of hydrogen-bond donors (Lipinski definition) is 0. The monoisotopic (exact) mass is 366 g/mol. The highest BCUT2D eigenvalue weighted by Crippen LogP contribution is 2.50. The van der Waals surface area contributed by atoms with Crippen molar-refractivity contribution in [3.05, 3.63) is 119 Å². The first-order valence-electron chi connectivity index (χ1n) is 9.49. The Morgan fingerprint density at radius 1 is 1.00 bits per heavy atom. The Bertz CT molecular complexity index is 1050. The van der Waals surface area contributed by atoms with Gasteiger partial charge in [0.2, 0.25) is 0 Å². The summed E-state index contributed by atoms with van der Waals surface area (Å²) in [6.45, 7) is 7.79. The number of Topliss-reactive ketones (excluding diaryl/α,β-unsaturated/α-hetero) is 2. The Balaban J connectivity index is 1.78. The Hall–Kier alpha value is -3.26. The number of hydrogen-bond acceptors (Lipinski definition) is 2. The Kier molecular flexibility index (Phi) is 4.56. The maximum atomic E-state index is 13.6. The van der Waals surface area contributed by atoms with E-state index >= 15 is 0 Å². The molecular weight excluding hydrogens is 344 g/mol. The maximum Gasteiger partial charge on any atom is 0.174 e. The molecule has 2 nitrogen and oxygen atoms in total. The molecule has 138 valence electrons. The minimum Gasteiger partial charge on any atom is -0.294 e. The van der Waals surface area contributed by atoms with Crippen molar-refractivity contribution >= 4 is 11.6 Å². The molecule has 0 N–H and O–H groups in total. The van der Waals surface area contributed by atoms with Gasteiger partial charge in [0.15, 0.2) is 11.6 Å². The van der Waals surface area contributed by atoms with Gasteiger partial charge in [0.05, 0.1) is 5.41 Å². The van der Waals surface area contributed by atoms with Crippen LogP contribution in [0.25, 0.3) is 0 Å². The highest BCUT2D eigenvalue weighted by atomic mass is 16.1. The second kappa shape index (κ2) is 7.05. The average molecular weight is 366 g/mol. The quantitative estimate of drug-likeness (QED) is 0.616. The van der Waals surface area contributed by atoms with Crippen LogP contribution in [0.15, 0.2) is 103 Å². The molecule has 0 bridgehead atoms. The Morgan fingerprint density at radius 3 is 2.36 bits per heavy atom. The molecule has 0 fully saturated rings. The summed E-state index contributed by atoms with van der Waals surface area (Å²) in [4.78, 5) is 26.7. The predicted octanol–water partition coefficient (Wildman–Crippen LogP) is 5.68. The van der Waals surface area contributed by atoms with E-state index in [9.17, 15) is 9.59 Å². The summed E-state index contributed by atoms with van der Waals surface area (Å²) < 4.78 is 0. The van der Waals surface area contributed by atoms with Gasteiger partial charge in [0, 0.05) is 17.5 Å². The van der Waals surface area contributed by atoms with Crippen LogP contribution in [-0.4, -0.2) is 11.6 Å². The van der Waals surface area contributed by atoms with E-state index in [0.717, 1.165) is 27.8 Å². The first kappa shape index (κ1) is 18.1. The molecule has 1 atom stereocenters. The van der Waals surface area contributed by atoms with Crippen molar-refractivity contribution < 1.29 is 9.59 Å². The second-order valence-corrected chi connectivity index (χ2v) is 7.45. The van der Waals surface area contributed by atoms with Crippen LogP contribution in [0.3, 0.4) is 0 Å². The van der Waals surface area contributed by atoms with E-state index < -0.39 is 5.41 Å². The summed E-state index contributed by atoms with van der Waals surface area (Å²) in [5, 5.41) is 0. The van der Waals surface area contributed by atoms with Gasteiger partial charge in [-0.05, 0) is 29.6 Å². The predicted molar refractivity (Wildman–Crippen MR) is 112 cm³/mol. The van der Waals surface area contributed by atoms with Crippen molar-refractivity contribution in [3.63, 3.8) is 0 Å². The van der Waals surface area contributed by atoms with E-state index in [-0.39, 0.29) is 18.0 Å². The number of allylic oxidation sites excluding steroid dienone is 6. The lowest BCUT2D eigenvalue weighted by Crippen LogP contribution is -2.33. The van der Waals surface area contributed by atoms with Crippen LogP contribution in [0.4, 0.5) is 0 Å². The standard InChI is InChI=1S/C26H22O2/c1-3-18-14-22(15-19(18)4-2)26(17-24(27)20-10-6-5-7-11-20)16-21-12-8-9-13-23(21)25(26)28/h3-14H,1-2,15-17H2. The molecule has 0 saturated heterocycles. The van der Waals surface area contributed by atoms with Crippen LogP contribution in [-0.2, 0) is 6.42 Å². The summed E-state index contributed by atoms with van der Waals surface area (Å²) in [7, 11) is 0. The molecule has 0 aromatic heterocycles. The molecular formula is C26H22O2. The van der Waals surface area contributed by atoms with Crippen LogP contribution in [0.2, 0.25) is 0 Å². The zero-order chi connectivity index (χ0) is 19.7. The smallest absolute Gasteiger partial charge is 0.174 e. The van der Waals surface area contributed by atoms with Crippen molar-refractivity contribution in [1.82, 2.24) is 0 Å². The lowest BCUT2D eigenvalue weighted by atomic mass is 9.71. The van der Waals surface area contributed by atoms with E-state index in [1.54, 1.807) is 6.08 Å². The molecule has 28 heavy (non-hydrogen) atoms. The third-order valence-corrected chi connectivity index (χ3v) is 5.91. The molecule has 2 aromatic rings. The van der Waals surface area contributed by atoms with Gasteiger partial charge in [-0.3, -0.25) is 9.59 Å². The number of rotatable bonds is 6. The molecule has 1 unspecified atom stereocenters. The van der Waals surface area contributed by atoms with Crippen molar-refractivity contribution in [2.45, 2.75) is 19.3 Å². The molecule has 0 radical (unpaired) electrons. The summed E-state index contributed by atoms with van der Waals surface area (Å²) in [5.74, 6) is 0.0437. The number of fused-ring (bicyclic) bond motifs is 1. The molecule has 0 saturated carbocycles. The van der Waals surface area contributed by atoms with E-state index in [1.807, 2.05) is 66.7 Å². The summed E-state index contributed by atoms with van der Waals surface area (Å²) in [6, 6.07) is 16.9. The molecule has 0 amide bonds. The van der Waals surface area contributed by atoms with Gasteiger partial charge in [-0.1, -0.05) is 91.6 Å². The number of ketones is 2. The summed E-state index contributed by atoms with van der Waals surface area (Å²) in [6.07, 6.45) is 7.01. The topological polar surface area (TPSA) is 34.1 Å². The second-order valence-electron chi connectivity index (χ2n) is 7.45. The third kappa shape index (κ3) is 2.82. The molecule has 2 heteroatoms. The van der Waals surface area contributed by atoms with Crippen LogP contribution >= 0.6 is 0 Å². The van der Waals surface area contributed by atoms with Gasteiger partial charge in [0.1, 0.15) is 0 Å². The largest absolute Gasteiger partial charge is 0.294 e. The molecule has 0 heterocycles. The molecule has 2 aliphatic carbocycles. The average Bonchev–Trinajstić information content (AvgIpc) is 3.29. The normalized spacial score (nSPS) is 20.7. The fourth-order valence-electron chi connectivity index (χ4n) is 4.40. The van der Waals surface area contributed by atoms with Crippen molar-refractivity contribution in [2.75, 3.05) is 0 Å². The van der Waals surface area contributed by atoms with Crippen LogP contribution < -0.4 is 0 Å². The van der Waals surface area contributed by atoms with Crippen molar-refractivity contribution in [2.24, 2.45) is 5.41 Å². The minimum absolute atomic E-state index is 0.00476. The third-order valence-electron chi connectivity index (χ3n) is 5.91. The van der Waals surface area contributed by atoms with Gasteiger partial charge >= 0.3 is 0 Å². The SMILES string of the molecule is C=CC1=C(C=C)CC(C2(CC(=O)c3ccccc3)Cc3ccccc3C2=O)=C1. The van der Waals surface area contributed by atoms with Crippen LogP contribution in [0.1, 0.15) is 39.1 Å². The molecule has 2 aliphatic rings. The van der Waals surface area contributed by atoms with Crippen LogP contribution in [0, 0.1) is 5.41 Å². The van der Waals surface area contributed by atoms with Gasteiger partial charge < -0.3 is 0 Å². The Morgan fingerprint density at radius 2 is 1.71 bits per heavy atom. The molecule has 4 rings (SSSR count). The van der Waals surface area contributed by atoms with Gasteiger partial charge in [-0.25, -0.2) is 0 Å². The highest BCUT2D eigenvalue weighted by molar-refractivity contribution is 6.10. The summed E-state index contributed by atoms with van der Waals surface area (Å²) in [5.41, 5.74) is 4.58. The molecule has 2 aromatic carbocycles. The first-order chi connectivity index (χ1) is 13.6. The minimum atomic E-state index is -0.838. The lowest BCUT2D eigenvalue weighted by Gasteiger charge is -2.29. The van der Waals surface area contributed by atoms with E-state index in [4.69, 9.17) is 0 Å². The fraction of sp³-hybridized carbons (Fsp3) is 0.154. The van der Waals surface area contributed by atoms with Crippen LogP contribution in [0.5, 0.6) is 0 Å². The van der Waals surface area contributed by atoms with E-state index in [2.05, 4.69) is 13.2 Å². The van der Waals surface area contributed by atoms with Crippen molar-refractivity contribution in [1.29, 1.82) is 0 Å². The molecule has 0 aliphatic heterocycles. The molecule has 0 spiro atoms. The van der Waals surface area contributed by atoms with Gasteiger partial charge in [0.25, 0.3) is 0 Å². The Labute approximate surface area is 165 Å².